The van der Waals surface area contributed by atoms with Crippen molar-refractivity contribution >= 4 is 17.5 Å². The Kier molecular flexibility index (Phi) is 5.45. The zero-order valence-corrected chi connectivity index (χ0v) is 16.7. The monoisotopic (exact) mass is 384 g/mol. The maximum absolute atomic E-state index is 12.6. The predicted octanol–water partition coefficient (Wildman–Crippen LogP) is 1.96. The van der Waals surface area contributed by atoms with Crippen molar-refractivity contribution in [1.82, 2.24) is 20.3 Å². The molecule has 8 nitrogen and oxygen atoms in total. The fourth-order valence-corrected chi connectivity index (χ4v) is 4.04. The molecule has 0 radical (unpaired) electrons. The molecule has 0 N–H and O–H groups in total. The Morgan fingerprint density at radius 1 is 0.964 bits per heavy atom. The molecule has 0 unspecified atom stereocenters. The summed E-state index contributed by atoms with van der Waals surface area (Å²) < 4.78 is 5.18. The van der Waals surface area contributed by atoms with E-state index in [0.29, 0.717) is 12.8 Å². The number of aryl methyl sites for hydroxylation is 2. The molecule has 0 bridgehead atoms. The number of anilines is 2. The minimum absolute atomic E-state index is 0.190. The van der Waals surface area contributed by atoms with E-state index in [9.17, 15) is 4.79 Å². The molecular formula is C20H28N6O2. The molecular weight excluding hydrogens is 356 g/mol. The van der Waals surface area contributed by atoms with Gasteiger partial charge in [-0.05, 0) is 45.2 Å². The molecule has 2 aromatic heterocycles. The van der Waals surface area contributed by atoms with Crippen LogP contribution in [0, 0.1) is 13.8 Å². The fraction of sp³-hybridized carbons (Fsp3) is 0.600. The highest BCUT2D eigenvalue weighted by Crippen LogP contribution is 2.20. The fourth-order valence-electron chi connectivity index (χ4n) is 4.04. The summed E-state index contributed by atoms with van der Waals surface area (Å²) in [6.45, 7) is 8.97. The lowest BCUT2D eigenvalue weighted by molar-refractivity contribution is -0.131. The number of aromatic nitrogens is 3. The first-order chi connectivity index (χ1) is 13.6. The molecule has 0 aliphatic carbocycles. The van der Waals surface area contributed by atoms with E-state index >= 15 is 0 Å². The third kappa shape index (κ3) is 3.95. The van der Waals surface area contributed by atoms with Crippen LogP contribution in [-0.2, 0) is 11.2 Å². The Hall–Kier alpha value is -2.64. The van der Waals surface area contributed by atoms with Gasteiger partial charge in [-0.25, -0.2) is 0 Å². The molecule has 1 amide bonds. The Morgan fingerprint density at radius 2 is 1.57 bits per heavy atom. The van der Waals surface area contributed by atoms with Crippen molar-refractivity contribution in [1.29, 1.82) is 0 Å². The van der Waals surface area contributed by atoms with Crippen LogP contribution in [0.5, 0.6) is 0 Å². The smallest absolute Gasteiger partial charge is 0.223 e. The van der Waals surface area contributed by atoms with Gasteiger partial charge in [0.15, 0.2) is 11.6 Å². The number of nitrogens with zero attached hydrogens (tertiary/aromatic N) is 6. The van der Waals surface area contributed by atoms with Gasteiger partial charge >= 0.3 is 0 Å². The standard InChI is InChI=1S/C20H28N6O2/c1-15-17(16(2)28-23-15)5-8-20(27)26-13-11-25(12-14-26)19-7-6-18(21-22-19)24-9-3-4-10-24/h6-7H,3-5,8-14H2,1-2H3. The van der Waals surface area contributed by atoms with Crippen molar-refractivity contribution in [2.24, 2.45) is 0 Å². The van der Waals surface area contributed by atoms with E-state index < -0.39 is 0 Å². The predicted molar refractivity (Wildman–Crippen MR) is 107 cm³/mol. The summed E-state index contributed by atoms with van der Waals surface area (Å²) in [5.74, 6) is 2.86. The second kappa shape index (κ2) is 8.16. The van der Waals surface area contributed by atoms with E-state index in [1.807, 2.05) is 18.7 Å². The van der Waals surface area contributed by atoms with Gasteiger partial charge < -0.3 is 19.2 Å². The van der Waals surface area contributed by atoms with Crippen LogP contribution in [0.2, 0.25) is 0 Å². The van der Waals surface area contributed by atoms with E-state index in [-0.39, 0.29) is 5.91 Å². The molecule has 2 aliphatic rings. The van der Waals surface area contributed by atoms with Crippen LogP contribution in [-0.4, -0.2) is 65.4 Å². The molecule has 2 saturated heterocycles. The second-order valence-electron chi connectivity index (χ2n) is 7.61. The molecule has 8 heteroatoms. The maximum Gasteiger partial charge on any atom is 0.223 e. The normalized spacial score (nSPS) is 17.4. The molecule has 2 fully saturated rings. The van der Waals surface area contributed by atoms with Gasteiger partial charge in [0.1, 0.15) is 5.76 Å². The molecule has 0 spiro atoms. The van der Waals surface area contributed by atoms with Crippen LogP contribution >= 0.6 is 0 Å². The largest absolute Gasteiger partial charge is 0.361 e. The maximum atomic E-state index is 12.6. The van der Waals surface area contributed by atoms with Gasteiger partial charge in [-0.3, -0.25) is 4.79 Å². The van der Waals surface area contributed by atoms with Gasteiger partial charge in [-0.15, -0.1) is 10.2 Å². The SMILES string of the molecule is Cc1noc(C)c1CCC(=O)N1CCN(c2ccc(N3CCCC3)nn2)CC1. The average molecular weight is 384 g/mol. The van der Waals surface area contributed by atoms with Crippen LogP contribution in [0.15, 0.2) is 16.7 Å². The second-order valence-corrected chi connectivity index (χ2v) is 7.61. The summed E-state index contributed by atoms with van der Waals surface area (Å²) in [5.41, 5.74) is 1.94. The van der Waals surface area contributed by atoms with Gasteiger partial charge in [0, 0.05) is 51.3 Å². The Balaban J connectivity index is 1.27. The van der Waals surface area contributed by atoms with Crippen LogP contribution in [0.4, 0.5) is 11.6 Å². The number of amides is 1. The zero-order chi connectivity index (χ0) is 19.5. The third-order valence-corrected chi connectivity index (χ3v) is 5.79. The van der Waals surface area contributed by atoms with E-state index in [1.54, 1.807) is 0 Å². The number of rotatable bonds is 5. The van der Waals surface area contributed by atoms with E-state index in [0.717, 1.165) is 67.9 Å². The van der Waals surface area contributed by atoms with Gasteiger partial charge in [-0.2, -0.15) is 0 Å². The zero-order valence-electron chi connectivity index (χ0n) is 16.7. The summed E-state index contributed by atoms with van der Waals surface area (Å²) in [7, 11) is 0. The Labute approximate surface area is 165 Å². The Morgan fingerprint density at radius 3 is 2.11 bits per heavy atom. The number of hydrogen-bond acceptors (Lipinski definition) is 7. The van der Waals surface area contributed by atoms with E-state index in [2.05, 4.69) is 37.3 Å². The van der Waals surface area contributed by atoms with Gasteiger partial charge in [0.05, 0.1) is 5.69 Å². The summed E-state index contributed by atoms with van der Waals surface area (Å²) in [6, 6.07) is 4.12. The van der Waals surface area contributed by atoms with E-state index in [1.165, 1.54) is 12.8 Å². The highest BCUT2D eigenvalue weighted by Gasteiger charge is 2.23. The number of carbonyl (C=O) groups is 1. The van der Waals surface area contributed by atoms with Gasteiger partial charge in [0.2, 0.25) is 5.91 Å². The molecule has 0 aromatic carbocycles. The molecule has 4 heterocycles. The first kappa shape index (κ1) is 18.7. The summed E-state index contributed by atoms with van der Waals surface area (Å²) >= 11 is 0. The number of carbonyl (C=O) groups excluding carboxylic acids is 1. The quantitative estimate of drug-likeness (QED) is 0.780. The van der Waals surface area contributed by atoms with E-state index in [4.69, 9.17) is 4.52 Å². The van der Waals surface area contributed by atoms with Crippen LogP contribution in [0.25, 0.3) is 0 Å². The molecule has 28 heavy (non-hydrogen) atoms. The number of hydrogen-bond donors (Lipinski definition) is 0. The van der Waals surface area contributed by atoms with Crippen molar-refractivity contribution in [3.8, 4) is 0 Å². The molecule has 0 atom stereocenters. The minimum Gasteiger partial charge on any atom is -0.361 e. The highest BCUT2D eigenvalue weighted by atomic mass is 16.5. The summed E-state index contributed by atoms with van der Waals surface area (Å²) in [5, 5.41) is 12.8. The van der Waals surface area contributed by atoms with Gasteiger partial charge in [-0.1, -0.05) is 5.16 Å². The molecule has 2 aliphatic heterocycles. The molecule has 4 rings (SSSR count). The Bertz CT molecular complexity index is 785. The van der Waals surface area contributed by atoms with Crippen molar-refractivity contribution in [2.75, 3.05) is 49.1 Å². The lowest BCUT2D eigenvalue weighted by Crippen LogP contribution is -2.49. The minimum atomic E-state index is 0.190. The van der Waals surface area contributed by atoms with Gasteiger partial charge in [0.25, 0.3) is 0 Å². The van der Waals surface area contributed by atoms with Crippen molar-refractivity contribution in [3.63, 3.8) is 0 Å². The molecule has 2 aromatic rings. The number of piperazine rings is 1. The lowest BCUT2D eigenvalue weighted by atomic mass is 10.1. The first-order valence-electron chi connectivity index (χ1n) is 10.1. The van der Waals surface area contributed by atoms with Crippen LogP contribution in [0.3, 0.4) is 0 Å². The molecule has 0 saturated carbocycles. The van der Waals surface area contributed by atoms with Crippen molar-refractivity contribution in [2.45, 2.75) is 39.5 Å². The first-order valence-corrected chi connectivity index (χ1v) is 10.1. The topological polar surface area (TPSA) is 78.6 Å². The highest BCUT2D eigenvalue weighted by molar-refractivity contribution is 5.76. The molecule has 150 valence electrons. The summed E-state index contributed by atoms with van der Waals surface area (Å²) in [4.78, 5) is 19.0. The average Bonchev–Trinajstić information content (AvgIpc) is 3.37. The third-order valence-electron chi connectivity index (χ3n) is 5.79. The van der Waals surface area contributed by atoms with Crippen molar-refractivity contribution in [3.05, 3.63) is 29.2 Å². The van der Waals surface area contributed by atoms with Crippen molar-refractivity contribution < 1.29 is 9.32 Å². The van der Waals surface area contributed by atoms with Crippen LogP contribution < -0.4 is 9.80 Å². The summed E-state index contributed by atoms with van der Waals surface area (Å²) in [6.07, 6.45) is 3.64. The lowest BCUT2D eigenvalue weighted by Gasteiger charge is -2.35. The van der Waals surface area contributed by atoms with Crippen LogP contribution in [0.1, 0.15) is 36.3 Å².